The van der Waals surface area contributed by atoms with Crippen LogP contribution in [0.4, 0.5) is 17.6 Å². The van der Waals surface area contributed by atoms with Gasteiger partial charge in [0.25, 0.3) is 0 Å². The van der Waals surface area contributed by atoms with Crippen molar-refractivity contribution in [2.75, 3.05) is 0 Å². The Morgan fingerprint density at radius 1 is 1.16 bits per heavy atom. The minimum absolute atomic E-state index is 0.0631. The standard InChI is InChI=1S/C13H14F4O2/c14-10-5-8(7-18)6-11(15)12(10)19-9-1-3-13(16,17)4-2-9/h5-6,9,18H,1-4,7H2. The molecule has 6 heteroatoms. The molecule has 0 bridgehead atoms. The minimum Gasteiger partial charge on any atom is -0.484 e. The first kappa shape index (κ1) is 14.1. The first-order chi connectivity index (χ1) is 8.91. The topological polar surface area (TPSA) is 29.5 Å². The molecular formula is C13H14F4O2. The molecule has 19 heavy (non-hydrogen) atoms. The molecule has 1 aromatic carbocycles. The first-order valence-corrected chi connectivity index (χ1v) is 6.04. The fraction of sp³-hybridized carbons (Fsp3) is 0.538. The molecule has 1 fully saturated rings. The molecular weight excluding hydrogens is 264 g/mol. The van der Waals surface area contributed by atoms with Gasteiger partial charge in [0.05, 0.1) is 12.7 Å². The summed E-state index contributed by atoms with van der Waals surface area (Å²) in [7, 11) is 0. The Hall–Kier alpha value is -1.30. The maximum Gasteiger partial charge on any atom is 0.248 e. The lowest BCUT2D eigenvalue weighted by molar-refractivity contribution is -0.0590. The monoisotopic (exact) mass is 278 g/mol. The molecule has 1 aliphatic rings. The number of ether oxygens (including phenoxy) is 1. The molecule has 1 aliphatic carbocycles. The Kier molecular flexibility index (Phi) is 3.99. The summed E-state index contributed by atoms with van der Waals surface area (Å²) in [5.74, 6) is -5.13. The second-order valence-corrected chi connectivity index (χ2v) is 4.72. The van der Waals surface area contributed by atoms with Crippen LogP contribution in [0.25, 0.3) is 0 Å². The number of benzene rings is 1. The lowest BCUT2D eigenvalue weighted by Crippen LogP contribution is -2.31. The molecule has 0 heterocycles. The molecule has 0 radical (unpaired) electrons. The fourth-order valence-electron chi connectivity index (χ4n) is 2.11. The Morgan fingerprint density at radius 3 is 2.16 bits per heavy atom. The first-order valence-electron chi connectivity index (χ1n) is 6.04. The number of aliphatic hydroxyl groups is 1. The molecule has 1 aromatic rings. The predicted octanol–water partition coefficient (Wildman–Crippen LogP) is 3.41. The zero-order valence-electron chi connectivity index (χ0n) is 10.1. The summed E-state index contributed by atoms with van der Waals surface area (Å²) in [5.41, 5.74) is 0.0949. The van der Waals surface area contributed by atoms with Crippen LogP contribution in [0, 0.1) is 11.6 Å². The largest absolute Gasteiger partial charge is 0.484 e. The summed E-state index contributed by atoms with van der Waals surface area (Å²) >= 11 is 0. The van der Waals surface area contributed by atoms with Crippen molar-refractivity contribution >= 4 is 0 Å². The third-order valence-corrected chi connectivity index (χ3v) is 3.19. The summed E-state index contributed by atoms with van der Waals surface area (Å²) in [4.78, 5) is 0. The van der Waals surface area contributed by atoms with Gasteiger partial charge < -0.3 is 9.84 Å². The van der Waals surface area contributed by atoms with Crippen molar-refractivity contribution in [2.24, 2.45) is 0 Å². The maximum atomic E-state index is 13.6. The highest BCUT2D eigenvalue weighted by Gasteiger charge is 2.36. The van der Waals surface area contributed by atoms with E-state index in [1.54, 1.807) is 0 Å². The Bertz CT molecular complexity index is 429. The van der Waals surface area contributed by atoms with E-state index < -0.39 is 36.0 Å². The molecule has 1 saturated carbocycles. The number of aliphatic hydroxyl groups excluding tert-OH is 1. The van der Waals surface area contributed by atoms with Crippen molar-refractivity contribution in [2.45, 2.75) is 44.3 Å². The highest BCUT2D eigenvalue weighted by Crippen LogP contribution is 2.35. The zero-order valence-corrected chi connectivity index (χ0v) is 10.1. The lowest BCUT2D eigenvalue weighted by atomic mass is 9.94. The van der Waals surface area contributed by atoms with Crippen LogP contribution < -0.4 is 4.74 Å². The molecule has 0 aliphatic heterocycles. The van der Waals surface area contributed by atoms with Crippen LogP contribution in [-0.4, -0.2) is 17.1 Å². The van der Waals surface area contributed by atoms with Gasteiger partial charge in [-0.2, -0.15) is 0 Å². The molecule has 2 nitrogen and oxygen atoms in total. The number of hydrogen-bond acceptors (Lipinski definition) is 2. The average molecular weight is 278 g/mol. The molecule has 2 rings (SSSR count). The van der Waals surface area contributed by atoms with E-state index in [1.165, 1.54) is 0 Å². The summed E-state index contributed by atoms with van der Waals surface area (Å²) in [6, 6.07) is 1.94. The van der Waals surface area contributed by atoms with E-state index >= 15 is 0 Å². The average Bonchev–Trinajstić information content (AvgIpc) is 2.35. The summed E-state index contributed by atoms with van der Waals surface area (Å²) in [5, 5.41) is 8.80. The quantitative estimate of drug-likeness (QED) is 0.858. The van der Waals surface area contributed by atoms with Crippen molar-refractivity contribution in [1.29, 1.82) is 0 Å². The van der Waals surface area contributed by atoms with Crippen molar-refractivity contribution < 1.29 is 27.4 Å². The number of alkyl halides is 2. The maximum absolute atomic E-state index is 13.6. The van der Waals surface area contributed by atoms with Gasteiger partial charge in [-0.15, -0.1) is 0 Å². The molecule has 0 saturated heterocycles. The smallest absolute Gasteiger partial charge is 0.248 e. The van der Waals surface area contributed by atoms with E-state index in [-0.39, 0.29) is 31.2 Å². The second-order valence-electron chi connectivity index (χ2n) is 4.72. The van der Waals surface area contributed by atoms with E-state index in [2.05, 4.69) is 0 Å². The molecule has 1 N–H and O–H groups in total. The summed E-state index contributed by atoms with van der Waals surface area (Å²) in [6.45, 7) is -0.482. The van der Waals surface area contributed by atoms with Gasteiger partial charge in [0.2, 0.25) is 5.92 Å². The van der Waals surface area contributed by atoms with Gasteiger partial charge in [0.15, 0.2) is 17.4 Å². The summed E-state index contributed by atoms with van der Waals surface area (Å²) < 4.78 is 58.2. The van der Waals surface area contributed by atoms with E-state index in [0.717, 1.165) is 12.1 Å². The molecule has 0 aromatic heterocycles. The normalized spacial score (nSPS) is 19.4. The number of hydrogen-bond donors (Lipinski definition) is 1. The predicted molar refractivity (Wildman–Crippen MR) is 60.1 cm³/mol. The van der Waals surface area contributed by atoms with Crippen LogP contribution in [-0.2, 0) is 6.61 Å². The van der Waals surface area contributed by atoms with E-state index in [0.29, 0.717) is 0 Å². The molecule has 0 amide bonds. The SMILES string of the molecule is OCc1cc(F)c(OC2CCC(F)(F)CC2)c(F)c1. The van der Waals surface area contributed by atoms with Crippen molar-refractivity contribution in [3.05, 3.63) is 29.3 Å². The van der Waals surface area contributed by atoms with Crippen LogP contribution in [0.5, 0.6) is 5.75 Å². The van der Waals surface area contributed by atoms with Crippen molar-refractivity contribution in [3.63, 3.8) is 0 Å². The lowest BCUT2D eigenvalue weighted by Gasteiger charge is -2.28. The van der Waals surface area contributed by atoms with Gasteiger partial charge in [0, 0.05) is 12.8 Å². The highest BCUT2D eigenvalue weighted by atomic mass is 19.3. The van der Waals surface area contributed by atoms with Crippen molar-refractivity contribution in [1.82, 2.24) is 0 Å². The third-order valence-electron chi connectivity index (χ3n) is 3.19. The highest BCUT2D eigenvalue weighted by molar-refractivity contribution is 5.31. The minimum atomic E-state index is -2.71. The van der Waals surface area contributed by atoms with Gasteiger partial charge >= 0.3 is 0 Å². The van der Waals surface area contributed by atoms with Crippen LogP contribution >= 0.6 is 0 Å². The van der Waals surface area contributed by atoms with Crippen LogP contribution in [0.3, 0.4) is 0 Å². The van der Waals surface area contributed by atoms with E-state index in [1.807, 2.05) is 0 Å². The van der Waals surface area contributed by atoms with Gasteiger partial charge in [-0.05, 0) is 30.5 Å². The molecule has 0 atom stereocenters. The van der Waals surface area contributed by atoms with E-state index in [4.69, 9.17) is 9.84 Å². The van der Waals surface area contributed by atoms with Gasteiger partial charge in [-0.3, -0.25) is 0 Å². The Balaban J connectivity index is 2.08. The molecule has 0 spiro atoms. The molecule has 0 unspecified atom stereocenters. The number of halogens is 4. The van der Waals surface area contributed by atoms with Crippen molar-refractivity contribution in [3.8, 4) is 5.75 Å². The fourth-order valence-corrected chi connectivity index (χ4v) is 2.11. The van der Waals surface area contributed by atoms with Gasteiger partial charge in [0.1, 0.15) is 0 Å². The van der Waals surface area contributed by atoms with Crippen LogP contribution in [0.2, 0.25) is 0 Å². The third kappa shape index (κ3) is 3.37. The number of rotatable bonds is 3. The second kappa shape index (κ2) is 5.36. The Morgan fingerprint density at radius 2 is 1.68 bits per heavy atom. The molecule has 106 valence electrons. The Labute approximate surface area is 108 Å². The van der Waals surface area contributed by atoms with E-state index in [9.17, 15) is 17.6 Å². The van der Waals surface area contributed by atoms with Gasteiger partial charge in [-0.25, -0.2) is 17.6 Å². The van der Waals surface area contributed by atoms with Crippen LogP contribution in [0.15, 0.2) is 12.1 Å². The van der Waals surface area contributed by atoms with Crippen LogP contribution in [0.1, 0.15) is 31.2 Å². The zero-order chi connectivity index (χ0) is 14.0. The van der Waals surface area contributed by atoms with Gasteiger partial charge in [-0.1, -0.05) is 0 Å². The summed E-state index contributed by atoms with van der Waals surface area (Å²) in [6.07, 6.45) is -1.16.